The Hall–Kier alpha value is -0.573. The Kier molecular flexibility index (Phi) is 5.84. The van der Waals surface area contributed by atoms with Crippen molar-refractivity contribution in [3.8, 4) is 0 Å². The number of hydrogen-bond acceptors (Lipinski definition) is 2. The van der Waals surface area contributed by atoms with Gasteiger partial charge in [-0.15, -0.1) is 6.58 Å². The van der Waals surface area contributed by atoms with Crippen LogP contribution in [0.5, 0.6) is 0 Å². The average Bonchev–Trinajstić information content (AvgIpc) is 2.03. The van der Waals surface area contributed by atoms with E-state index in [2.05, 4.69) is 6.58 Å². The minimum absolute atomic E-state index is 0.0402. The standard InChI is InChI=1S/C8H16O2Si/c1-4-7(5-2)8(9)10-11-6-3/h6-7H,3-5,11H2,1-2H3. The molecule has 0 heterocycles. The molecule has 0 aliphatic heterocycles. The number of rotatable bonds is 5. The van der Waals surface area contributed by atoms with Crippen LogP contribution in [0.2, 0.25) is 0 Å². The zero-order valence-electron chi connectivity index (χ0n) is 7.30. The first-order chi connectivity index (χ1) is 5.26. The van der Waals surface area contributed by atoms with Crippen LogP contribution in [-0.2, 0) is 9.22 Å². The third-order valence-electron chi connectivity index (χ3n) is 1.66. The first-order valence-electron chi connectivity index (χ1n) is 4.03. The lowest BCUT2D eigenvalue weighted by atomic mass is 10.0. The topological polar surface area (TPSA) is 26.3 Å². The second kappa shape index (κ2) is 6.16. The summed E-state index contributed by atoms with van der Waals surface area (Å²) in [6.07, 6.45) is 1.75. The molecule has 0 unspecified atom stereocenters. The van der Waals surface area contributed by atoms with E-state index in [-0.39, 0.29) is 11.9 Å². The number of hydrogen-bond donors (Lipinski definition) is 0. The van der Waals surface area contributed by atoms with E-state index in [0.717, 1.165) is 12.8 Å². The summed E-state index contributed by atoms with van der Waals surface area (Å²) in [5, 5.41) is 0. The van der Waals surface area contributed by atoms with Crippen LogP contribution >= 0.6 is 0 Å². The zero-order valence-corrected chi connectivity index (χ0v) is 8.71. The second-order valence-electron chi connectivity index (χ2n) is 2.43. The number of carbonyl (C=O) groups is 1. The summed E-state index contributed by atoms with van der Waals surface area (Å²) in [6.45, 7) is 7.54. The summed E-state index contributed by atoms with van der Waals surface area (Å²) in [5.74, 6) is 0.0593. The van der Waals surface area contributed by atoms with Crippen molar-refractivity contribution in [3.63, 3.8) is 0 Å². The van der Waals surface area contributed by atoms with Crippen molar-refractivity contribution in [2.45, 2.75) is 26.7 Å². The van der Waals surface area contributed by atoms with Crippen LogP contribution in [0.15, 0.2) is 12.3 Å². The van der Waals surface area contributed by atoms with E-state index in [0.29, 0.717) is 0 Å². The molecular weight excluding hydrogens is 156 g/mol. The van der Waals surface area contributed by atoms with Crippen molar-refractivity contribution in [2.24, 2.45) is 5.92 Å². The molecule has 0 aromatic rings. The Balaban J connectivity index is 3.69. The lowest BCUT2D eigenvalue weighted by Crippen LogP contribution is -2.17. The van der Waals surface area contributed by atoms with E-state index in [4.69, 9.17) is 4.43 Å². The van der Waals surface area contributed by atoms with Crippen molar-refractivity contribution in [1.29, 1.82) is 0 Å². The minimum atomic E-state index is -0.773. The summed E-state index contributed by atoms with van der Waals surface area (Å²) in [6, 6.07) is 0. The maximum absolute atomic E-state index is 11.1. The second-order valence-corrected chi connectivity index (χ2v) is 3.63. The molecule has 0 amide bonds. The van der Waals surface area contributed by atoms with Crippen LogP contribution in [0.4, 0.5) is 0 Å². The van der Waals surface area contributed by atoms with Gasteiger partial charge in [0.05, 0.1) is 5.92 Å². The third-order valence-corrected chi connectivity index (χ3v) is 2.35. The fraction of sp³-hybridized carbons (Fsp3) is 0.625. The Morgan fingerprint density at radius 2 is 2.18 bits per heavy atom. The highest BCUT2D eigenvalue weighted by molar-refractivity contribution is 6.36. The molecule has 0 fully saturated rings. The fourth-order valence-electron chi connectivity index (χ4n) is 0.881. The Bertz CT molecular complexity index is 130. The van der Waals surface area contributed by atoms with Gasteiger partial charge in [0.1, 0.15) is 0 Å². The SMILES string of the molecule is C=C[SiH2]OC(=O)C(CC)CC. The van der Waals surface area contributed by atoms with E-state index in [1.54, 1.807) is 5.70 Å². The van der Waals surface area contributed by atoms with Crippen LogP contribution < -0.4 is 0 Å². The smallest absolute Gasteiger partial charge is 0.295 e. The van der Waals surface area contributed by atoms with E-state index in [1.165, 1.54) is 0 Å². The van der Waals surface area contributed by atoms with Gasteiger partial charge in [-0.25, -0.2) is 0 Å². The Morgan fingerprint density at radius 1 is 1.64 bits per heavy atom. The maximum atomic E-state index is 11.1. The van der Waals surface area contributed by atoms with Crippen LogP contribution in [0.3, 0.4) is 0 Å². The molecule has 11 heavy (non-hydrogen) atoms. The predicted molar refractivity (Wildman–Crippen MR) is 48.9 cm³/mol. The fourth-order valence-corrected chi connectivity index (χ4v) is 1.40. The van der Waals surface area contributed by atoms with Crippen molar-refractivity contribution in [2.75, 3.05) is 0 Å². The molecule has 0 aliphatic carbocycles. The van der Waals surface area contributed by atoms with Gasteiger partial charge in [-0.3, -0.25) is 4.79 Å². The molecule has 2 nitrogen and oxygen atoms in total. The first kappa shape index (κ1) is 10.4. The van der Waals surface area contributed by atoms with Crippen molar-refractivity contribution in [3.05, 3.63) is 12.3 Å². The van der Waals surface area contributed by atoms with Gasteiger partial charge in [-0.2, -0.15) is 0 Å². The van der Waals surface area contributed by atoms with E-state index >= 15 is 0 Å². The Labute approximate surface area is 70.6 Å². The van der Waals surface area contributed by atoms with Crippen molar-refractivity contribution < 1.29 is 9.22 Å². The molecule has 0 radical (unpaired) electrons. The molecule has 64 valence electrons. The molecule has 0 N–H and O–H groups in total. The van der Waals surface area contributed by atoms with E-state index in [1.807, 2.05) is 13.8 Å². The normalized spacial score (nSPS) is 10.8. The van der Waals surface area contributed by atoms with E-state index < -0.39 is 9.76 Å². The minimum Gasteiger partial charge on any atom is -0.521 e. The zero-order chi connectivity index (χ0) is 8.69. The highest BCUT2D eigenvalue weighted by atomic mass is 28.2. The van der Waals surface area contributed by atoms with E-state index in [9.17, 15) is 4.79 Å². The van der Waals surface area contributed by atoms with Gasteiger partial charge in [0.15, 0.2) is 0 Å². The van der Waals surface area contributed by atoms with Crippen molar-refractivity contribution >= 4 is 15.7 Å². The number of carbonyl (C=O) groups excluding carboxylic acids is 1. The van der Waals surface area contributed by atoms with Crippen LogP contribution in [-0.4, -0.2) is 15.7 Å². The van der Waals surface area contributed by atoms with Gasteiger partial charge >= 0.3 is 0 Å². The summed E-state index contributed by atoms with van der Waals surface area (Å²) in [5.41, 5.74) is 1.72. The van der Waals surface area contributed by atoms with Gasteiger partial charge < -0.3 is 4.43 Å². The molecule has 0 spiro atoms. The lowest BCUT2D eigenvalue weighted by Gasteiger charge is -2.10. The summed E-state index contributed by atoms with van der Waals surface area (Å²) < 4.78 is 5.02. The third kappa shape index (κ3) is 3.98. The molecule has 0 bridgehead atoms. The maximum Gasteiger partial charge on any atom is 0.295 e. The van der Waals surface area contributed by atoms with Crippen LogP contribution in [0.25, 0.3) is 0 Å². The molecule has 0 aromatic carbocycles. The monoisotopic (exact) mass is 172 g/mol. The Morgan fingerprint density at radius 3 is 2.55 bits per heavy atom. The molecule has 3 heteroatoms. The highest BCUT2D eigenvalue weighted by Gasteiger charge is 2.13. The average molecular weight is 172 g/mol. The molecule has 0 aromatic heterocycles. The molecule has 0 aliphatic rings. The summed E-state index contributed by atoms with van der Waals surface area (Å²) in [4.78, 5) is 11.1. The summed E-state index contributed by atoms with van der Waals surface area (Å²) in [7, 11) is -0.773. The van der Waals surface area contributed by atoms with Gasteiger partial charge in [0.2, 0.25) is 9.76 Å². The predicted octanol–water partition coefficient (Wildman–Crippen LogP) is 1.19. The van der Waals surface area contributed by atoms with Gasteiger partial charge in [-0.1, -0.05) is 19.5 Å². The lowest BCUT2D eigenvalue weighted by molar-refractivity contribution is -0.139. The van der Waals surface area contributed by atoms with Gasteiger partial charge in [-0.05, 0) is 12.8 Å². The molecule has 0 saturated heterocycles. The van der Waals surface area contributed by atoms with Gasteiger partial charge in [0, 0.05) is 0 Å². The van der Waals surface area contributed by atoms with Gasteiger partial charge in [0.25, 0.3) is 5.97 Å². The molecule has 0 atom stereocenters. The van der Waals surface area contributed by atoms with Crippen LogP contribution in [0, 0.1) is 5.92 Å². The quantitative estimate of drug-likeness (QED) is 0.582. The highest BCUT2D eigenvalue weighted by Crippen LogP contribution is 2.08. The summed E-state index contributed by atoms with van der Waals surface area (Å²) >= 11 is 0. The molecule has 0 rings (SSSR count). The largest absolute Gasteiger partial charge is 0.521 e. The molecule has 0 saturated carbocycles. The van der Waals surface area contributed by atoms with Crippen LogP contribution in [0.1, 0.15) is 26.7 Å². The molecular formula is C8H16O2Si. The van der Waals surface area contributed by atoms with Crippen molar-refractivity contribution in [1.82, 2.24) is 0 Å². The first-order valence-corrected chi connectivity index (χ1v) is 5.43.